The second-order valence-electron chi connectivity index (χ2n) is 4.22. The summed E-state index contributed by atoms with van der Waals surface area (Å²) in [5.74, 6) is 0.496. The average Bonchev–Trinajstić information content (AvgIpc) is 2.91. The van der Waals surface area contributed by atoms with Crippen LogP contribution in [0.4, 0.5) is 5.69 Å². The Morgan fingerprint density at radius 2 is 1.95 bits per heavy atom. The Kier molecular flexibility index (Phi) is 3.84. The van der Waals surface area contributed by atoms with E-state index in [0.717, 1.165) is 10.2 Å². The van der Waals surface area contributed by atoms with Crippen LogP contribution in [0.25, 0.3) is 17.1 Å². The van der Waals surface area contributed by atoms with Gasteiger partial charge in [0.15, 0.2) is 5.82 Å². The van der Waals surface area contributed by atoms with Gasteiger partial charge < -0.3 is 5.73 Å². The number of hydrogen-bond donors (Lipinski definition) is 1. The fraction of sp³-hybridized carbons (Fsp3) is 0. The Labute approximate surface area is 138 Å². The maximum absolute atomic E-state index is 6.24. The summed E-state index contributed by atoms with van der Waals surface area (Å²) in [4.78, 5) is 0. The maximum Gasteiger partial charge on any atom is 0.188 e. The summed E-state index contributed by atoms with van der Waals surface area (Å²) in [5, 5.41) is 12.8. The Hall–Kier alpha value is -1.63. The van der Waals surface area contributed by atoms with Crippen molar-refractivity contribution in [1.82, 2.24) is 20.2 Å². The lowest BCUT2D eigenvalue weighted by Gasteiger charge is -2.09. The molecule has 3 rings (SSSR count). The molecule has 106 valence electrons. The largest absolute Gasteiger partial charge is 0.398 e. The van der Waals surface area contributed by atoms with E-state index in [1.54, 1.807) is 28.9 Å². The van der Waals surface area contributed by atoms with Crippen LogP contribution < -0.4 is 5.73 Å². The van der Waals surface area contributed by atoms with Crippen molar-refractivity contribution in [1.29, 1.82) is 0 Å². The van der Waals surface area contributed by atoms with E-state index in [2.05, 4.69) is 31.5 Å². The third kappa shape index (κ3) is 2.62. The number of anilines is 1. The molecule has 2 aromatic carbocycles. The lowest BCUT2D eigenvalue weighted by atomic mass is 10.2. The molecule has 0 aliphatic carbocycles. The lowest BCUT2D eigenvalue weighted by molar-refractivity contribution is 0.789. The minimum absolute atomic E-state index is 0.415. The molecule has 1 aromatic heterocycles. The molecule has 3 aromatic rings. The number of nitrogens with zero attached hydrogens (tertiary/aromatic N) is 4. The Morgan fingerprint density at radius 3 is 2.71 bits per heavy atom. The van der Waals surface area contributed by atoms with Gasteiger partial charge in [0.2, 0.25) is 0 Å². The predicted molar refractivity (Wildman–Crippen MR) is 86.7 cm³/mol. The summed E-state index contributed by atoms with van der Waals surface area (Å²) in [6.07, 6.45) is 0. The van der Waals surface area contributed by atoms with E-state index < -0.39 is 0 Å². The molecule has 2 N–H and O–H groups in total. The summed E-state index contributed by atoms with van der Waals surface area (Å²) in [7, 11) is 0. The van der Waals surface area contributed by atoms with Crippen LogP contribution in [0.1, 0.15) is 0 Å². The summed E-state index contributed by atoms with van der Waals surface area (Å²) < 4.78 is 2.34. The summed E-state index contributed by atoms with van der Waals surface area (Å²) in [6.45, 7) is 0. The van der Waals surface area contributed by atoms with Gasteiger partial charge in [0.05, 0.1) is 16.4 Å². The SMILES string of the molecule is Nc1cccc(-c2nnnn2-c2ccc(Cl)cc2Br)c1Cl. The van der Waals surface area contributed by atoms with E-state index in [1.165, 1.54) is 0 Å². The zero-order valence-electron chi connectivity index (χ0n) is 10.5. The van der Waals surface area contributed by atoms with Crippen LogP contribution in [0.3, 0.4) is 0 Å². The van der Waals surface area contributed by atoms with Crippen molar-refractivity contribution in [2.75, 3.05) is 5.73 Å². The molecule has 0 unspecified atom stereocenters. The number of hydrogen-bond acceptors (Lipinski definition) is 4. The van der Waals surface area contributed by atoms with Gasteiger partial charge in [-0.1, -0.05) is 29.3 Å². The van der Waals surface area contributed by atoms with Crippen molar-refractivity contribution in [2.45, 2.75) is 0 Å². The quantitative estimate of drug-likeness (QED) is 0.678. The highest BCUT2D eigenvalue weighted by molar-refractivity contribution is 9.10. The van der Waals surface area contributed by atoms with Crippen LogP contribution in [0.15, 0.2) is 40.9 Å². The number of rotatable bonds is 2. The lowest BCUT2D eigenvalue weighted by Crippen LogP contribution is -2.01. The summed E-state index contributed by atoms with van der Waals surface area (Å²) in [5.41, 5.74) is 7.70. The molecule has 0 bridgehead atoms. The average molecular weight is 385 g/mol. The van der Waals surface area contributed by atoms with Gasteiger partial charge in [-0.3, -0.25) is 0 Å². The van der Waals surface area contributed by atoms with Gasteiger partial charge in [0.1, 0.15) is 0 Å². The summed E-state index contributed by atoms with van der Waals surface area (Å²) >= 11 is 15.6. The maximum atomic E-state index is 6.24. The van der Waals surface area contributed by atoms with Crippen LogP contribution in [-0.4, -0.2) is 20.2 Å². The fourth-order valence-electron chi connectivity index (χ4n) is 1.89. The van der Waals surface area contributed by atoms with Crippen molar-refractivity contribution in [3.63, 3.8) is 0 Å². The third-order valence-electron chi connectivity index (χ3n) is 2.88. The molecule has 0 radical (unpaired) electrons. The molecular weight excluding hydrogens is 377 g/mol. The van der Waals surface area contributed by atoms with E-state index in [4.69, 9.17) is 28.9 Å². The van der Waals surface area contributed by atoms with E-state index >= 15 is 0 Å². The molecule has 0 aliphatic rings. The van der Waals surface area contributed by atoms with Crippen molar-refractivity contribution < 1.29 is 0 Å². The van der Waals surface area contributed by atoms with E-state index in [1.807, 2.05) is 12.1 Å². The molecule has 0 saturated heterocycles. The molecule has 0 atom stereocenters. The zero-order valence-corrected chi connectivity index (χ0v) is 13.6. The molecule has 0 saturated carbocycles. The normalized spacial score (nSPS) is 10.8. The number of tetrazole rings is 1. The zero-order chi connectivity index (χ0) is 15.0. The second kappa shape index (κ2) is 5.63. The molecule has 0 aliphatic heterocycles. The third-order valence-corrected chi connectivity index (χ3v) is 4.17. The first-order chi connectivity index (χ1) is 10.1. The first kappa shape index (κ1) is 14.3. The van der Waals surface area contributed by atoms with Crippen LogP contribution in [0.5, 0.6) is 0 Å². The highest BCUT2D eigenvalue weighted by Crippen LogP contribution is 2.33. The van der Waals surface area contributed by atoms with Crippen molar-refractivity contribution in [3.05, 3.63) is 50.9 Å². The molecule has 1 heterocycles. The molecule has 0 fully saturated rings. The topological polar surface area (TPSA) is 69.6 Å². The Morgan fingerprint density at radius 1 is 1.14 bits per heavy atom. The molecule has 0 amide bonds. The fourth-order valence-corrected chi connectivity index (χ4v) is 2.95. The summed E-state index contributed by atoms with van der Waals surface area (Å²) in [6, 6.07) is 10.7. The number of aromatic nitrogens is 4. The van der Waals surface area contributed by atoms with E-state index in [0.29, 0.717) is 27.1 Å². The standard InChI is InChI=1S/C13H8BrCl2N5/c14-9-6-7(15)4-5-11(9)21-13(18-19-20-21)8-2-1-3-10(17)12(8)16/h1-6H,17H2. The van der Waals surface area contributed by atoms with Gasteiger partial charge in [0.25, 0.3) is 0 Å². The molecule has 5 nitrogen and oxygen atoms in total. The van der Waals surface area contributed by atoms with Gasteiger partial charge in [0, 0.05) is 15.1 Å². The highest BCUT2D eigenvalue weighted by atomic mass is 79.9. The first-order valence-electron chi connectivity index (χ1n) is 5.86. The molecule has 8 heteroatoms. The number of nitrogens with two attached hydrogens (primary N) is 1. The minimum Gasteiger partial charge on any atom is -0.398 e. The number of benzene rings is 2. The number of halogens is 3. The monoisotopic (exact) mass is 383 g/mol. The second-order valence-corrected chi connectivity index (χ2v) is 5.89. The van der Waals surface area contributed by atoms with Crippen LogP contribution in [-0.2, 0) is 0 Å². The van der Waals surface area contributed by atoms with Crippen LogP contribution in [0, 0.1) is 0 Å². The van der Waals surface area contributed by atoms with Gasteiger partial charge >= 0.3 is 0 Å². The molecule has 0 spiro atoms. The molecular formula is C13H8BrCl2N5. The van der Waals surface area contributed by atoms with Crippen LogP contribution in [0.2, 0.25) is 10.0 Å². The number of nitrogen functional groups attached to an aromatic ring is 1. The van der Waals surface area contributed by atoms with E-state index in [9.17, 15) is 0 Å². The van der Waals surface area contributed by atoms with E-state index in [-0.39, 0.29) is 0 Å². The van der Waals surface area contributed by atoms with Crippen LogP contribution >= 0.6 is 39.1 Å². The molecule has 21 heavy (non-hydrogen) atoms. The predicted octanol–water partition coefficient (Wildman–Crippen LogP) is 3.98. The van der Waals surface area contributed by atoms with Gasteiger partial charge in [-0.15, -0.1) is 5.10 Å². The van der Waals surface area contributed by atoms with Crippen molar-refractivity contribution in [3.8, 4) is 17.1 Å². The van der Waals surface area contributed by atoms with Crippen molar-refractivity contribution >= 4 is 44.8 Å². The van der Waals surface area contributed by atoms with Crippen molar-refractivity contribution in [2.24, 2.45) is 0 Å². The van der Waals surface area contributed by atoms with Gasteiger partial charge in [-0.25, -0.2) is 0 Å². The Bertz CT molecular complexity index is 818. The minimum atomic E-state index is 0.415. The first-order valence-corrected chi connectivity index (χ1v) is 7.41. The highest BCUT2D eigenvalue weighted by Gasteiger charge is 2.16. The Balaban J connectivity index is 2.20. The van der Waals surface area contributed by atoms with Gasteiger partial charge in [-0.2, -0.15) is 4.68 Å². The smallest absolute Gasteiger partial charge is 0.188 e. The van der Waals surface area contributed by atoms with Gasteiger partial charge in [-0.05, 0) is 56.7 Å².